The van der Waals surface area contributed by atoms with Crippen LogP contribution in [0.3, 0.4) is 0 Å². The van der Waals surface area contributed by atoms with E-state index in [9.17, 15) is 4.79 Å². The highest BCUT2D eigenvalue weighted by Gasteiger charge is 2.32. The van der Waals surface area contributed by atoms with Crippen LogP contribution in [0.2, 0.25) is 0 Å². The molecule has 0 saturated carbocycles. The lowest BCUT2D eigenvalue weighted by Crippen LogP contribution is -2.37. The molecule has 1 aliphatic heterocycles. The Morgan fingerprint density at radius 1 is 1.19 bits per heavy atom. The summed E-state index contributed by atoms with van der Waals surface area (Å²) in [6.45, 7) is 3.99. The lowest BCUT2D eigenvalue weighted by atomic mass is 10.1. The Morgan fingerprint density at radius 3 is 2.67 bits per heavy atom. The third-order valence-corrected chi connectivity index (χ3v) is 4.45. The van der Waals surface area contributed by atoms with E-state index in [1.165, 1.54) is 0 Å². The maximum absolute atomic E-state index is 13.2. The lowest BCUT2D eigenvalue weighted by Gasteiger charge is -2.30. The predicted molar refractivity (Wildman–Crippen MR) is 101 cm³/mol. The van der Waals surface area contributed by atoms with Crippen molar-refractivity contribution in [1.29, 1.82) is 0 Å². The zero-order chi connectivity index (χ0) is 19.0. The summed E-state index contributed by atoms with van der Waals surface area (Å²) in [4.78, 5) is 18.8. The quantitative estimate of drug-likeness (QED) is 0.568. The fourth-order valence-electron chi connectivity index (χ4n) is 2.98. The summed E-state index contributed by atoms with van der Waals surface area (Å²) >= 11 is 0. The van der Waals surface area contributed by atoms with Gasteiger partial charge in [0.05, 0.1) is 17.9 Å². The van der Waals surface area contributed by atoms with Gasteiger partial charge in [-0.3, -0.25) is 14.7 Å². The molecule has 3 aromatic rings. The first-order chi connectivity index (χ1) is 13.0. The molecule has 2 N–H and O–H groups in total. The molecule has 7 heteroatoms. The number of nitrogens with zero attached hydrogens (tertiary/aromatic N) is 3. The summed E-state index contributed by atoms with van der Waals surface area (Å²) < 4.78 is 11.1. The predicted octanol–water partition coefficient (Wildman–Crippen LogP) is 3.24. The molecule has 0 atom stereocenters. The van der Waals surface area contributed by atoms with Crippen LogP contribution in [0.15, 0.2) is 53.0 Å². The van der Waals surface area contributed by atoms with Gasteiger partial charge in [-0.15, -0.1) is 0 Å². The third kappa shape index (κ3) is 3.15. The van der Waals surface area contributed by atoms with Crippen LogP contribution in [0, 0.1) is 13.8 Å². The summed E-state index contributed by atoms with van der Waals surface area (Å²) in [5, 5.41) is 3.98. The minimum atomic E-state index is -0.259. The van der Waals surface area contributed by atoms with Crippen molar-refractivity contribution in [3.8, 4) is 5.75 Å². The number of nitrogens with two attached hydrogens (primary N) is 1. The van der Waals surface area contributed by atoms with Crippen LogP contribution in [-0.4, -0.2) is 16.0 Å². The van der Waals surface area contributed by atoms with Crippen molar-refractivity contribution < 1.29 is 14.1 Å². The van der Waals surface area contributed by atoms with E-state index in [4.69, 9.17) is 15.0 Å². The van der Waals surface area contributed by atoms with E-state index in [-0.39, 0.29) is 11.7 Å². The fourth-order valence-corrected chi connectivity index (χ4v) is 2.98. The number of hydrogen-bond acceptors (Lipinski definition) is 6. The Balaban J connectivity index is 1.79. The van der Waals surface area contributed by atoms with Gasteiger partial charge in [-0.1, -0.05) is 5.16 Å². The van der Waals surface area contributed by atoms with E-state index in [1.807, 2.05) is 13.8 Å². The molecule has 0 unspecified atom stereocenters. The number of fused-ring (bicyclic) bond motifs is 1. The monoisotopic (exact) mass is 362 g/mol. The minimum Gasteiger partial charge on any atom is -0.449 e. The molecule has 1 aliphatic rings. The molecule has 0 fully saturated rings. The molecule has 136 valence electrons. The van der Waals surface area contributed by atoms with E-state index in [0.717, 1.165) is 16.8 Å². The zero-order valence-electron chi connectivity index (χ0n) is 15.0. The van der Waals surface area contributed by atoms with Gasteiger partial charge in [0.1, 0.15) is 5.76 Å². The van der Waals surface area contributed by atoms with Crippen LogP contribution in [0.25, 0.3) is 6.08 Å². The maximum atomic E-state index is 13.2. The van der Waals surface area contributed by atoms with Crippen molar-refractivity contribution in [2.24, 2.45) is 0 Å². The number of nitrogen functional groups attached to an aromatic ring is 1. The van der Waals surface area contributed by atoms with Crippen LogP contribution in [0.4, 0.5) is 11.4 Å². The summed E-state index contributed by atoms with van der Waals surface area (Å²) in [6, 6.07) is 8.85. The Morgan fingerprint density at radius 2 is 1.96 bits per heavy atom. The molecule has 7 nitrogen and oxygen atoms in total. The molecule has 0 aliphatic carbocycles. The average Bonchev–Trinajstić information content (AvgIpc) is 2.98. The van der Waals surface area contributed by atoms with Crippen molar-refractivity contribution in [1.82, 2.24) is 10.1 Å². The van der Waals surface area contributed by atoms with Gasteiger partial charge < -0.3 is 15.0 Å². The highest BCUT2D eigenvalue weighted by molar-refractivity contribution is 6.10. The van der Waals surface area contributed by atoms with Gasteiger partial charge in [-0.25, -0.2) is 0 Å². The van der Waals surface area contributed by atoms with Crippen LogP contribution in [0.1, 0.15) is 22.6 Å². The molecular weight excluding hydrogens is 344 g/mol. The van der Waals surface area contributed by atoms with Crippen LogP contribution in [0.5, 0.6) is 5.75 Å². The van der Waals surface area contributed by atoms with Crippen LogP contribution < -0.4 is 15.4 Å². The third-order valence-electron chi connectivity index (χ3n) is 4.45. The van der Waals surface area contributed by atoms with Crippen molar-refractivity contribution in [2.75, 3.05) is 10.6 Å². The Bertz CT molecular complexity index is 1020. The smallest absolute Gasteiger partial charge is 0.294 e. The molecule has 1 amide bonds. The topological polar surface area (TPSA) is 94.5 Å². The molecule has 4 rings (SSSR count). The van der Waals surface area contributed by atoms with E-state index in [1.54, 1.807) is 53.7 Å². The van der Waals surface area contributed by atoms with Gasteiger partial charge in [0.15, 0.2) is 11.5 Å². The van der Waals surface area contributed by atoms with Gasteiger partial charge in [0.25, 0.3) is 5.91 Å². The van der Waals surface area contributed by atoms with Crippen molar-refractivity contribution in [3.63, 3.8) is 0 Å². The molecule has 1 aromatic carbocycles. The number of ether oxygens (including phenoxy) is 1. The highest BCUT2D eigenvalue weighted by atomic mass is 16.5. The first kappa shape index (κ1) is 16.8. The summed E-state index contributed by atoms with van der Waals surface area (Å²) in [5.41, 5.74) is 9.54. The standard InChI is InChI=1S/C20H18N4O3/c1-12-16(13(2)27-23-12)11-24-17-10-15(21)3-4-18(17)26-19(20(24)25)9-14-5-7-22-8-6-14/h3-10H,11,21H2,1-2H3/b19-9+. The number of aryl methyl sites for hydroxylation is 2. The molecule has 0 bridgehead atoms. The molecule has 3 heterocycles. The molecule has 0 spiro atoms. The van der Waals surface area contributed by atoms with Gasteiger partial charge in [0.2, 0.25) is 0 Å². The van der Waals surface area contributed by atoms with Gasteiger partial charge >= 0.3 is 0 Å². The molecule has 0 radical (unpaired) electrons. The normalized spacial score (nSPS) is 15.0. The van der Waals surface area contributed by atoms with Crippen molar-refractivity contribution in [3.05, 3.63) is 71.1 Å². The average molecular weight is 362 g/mol. The summed E-state index contributed by atoms with van der Waals surface area (Å²) in [7, 11) is 0. The SMILES string of the molecule is Cc1noc(C)c1CN1C(=O)/C(=C\c2ccncc2)Oc2ccc(N)cc21. The first-order valence-corrected chi connectivity index (χ1v) is 8.45. The number of pyridine rings is 1. The second kappa shape index (κ2) is 6.60. The minimum absolute atomic E-state index is 0.227. The molecular formula is C20H18N4O3. The van der Waals surface area contributed by atoms with Gasteiger partial charge in [-0.2, -0.15) is 0 Å². The Labute approximate surface area is 156 Å². The number of amides is 1. The maximum Gasteiger partial charge on any atom is 0.294 e. The Kier molecular flexibility index (Phi) is 4.12. The number of anilines is 2. The van der Waals surface area contributed by atoms with Crippen LogP contribution >= 0.6 is 0 Å². The van der Waals surface area contributed by atoms with Gasteiger partial charge in [-0.05, 0) is 55.8 Å². The van der Waals surface area contributed by atoms with Crippen LogP contribution in [-0.2, 0) is 11.3 Å². The lowest BCUT2D eigenvalue weighted by molar-refractivity contribution is -0.117. The zero-order valence-corrected chi connectivity index (χ0v) is 15.0. The number of rotatable bonds is 3. The van der Waals surface area contributed by atoms with E-state index < -0.39 is 0 Å². The van der Waals surface area contributed by atoms with Crippen molar-refractivity contribution >= 4 is 23.4 Å². The molecule has 27 heavy (non-hydrogen) atoms. The second-order valence-corrected chi connectivity index (χ2v) is 6.31. The highest BCUT2D eigenvalue weighted by Crippen LogP contribution is 2.38. The number of benzene rings is 1. The number of carbonyl (C=O) groups excluding carboxylic acids is 1. The number of carbonyl (C=O) groups is 1. The van der Waals surface area contributed by atoms with E-state index in [0.29, 0.717) is 29.4 Å². The van der Waals surface area contributed by atoms with Gasteiger partial charge in [0, 0.05) is 23.6 Å². The molecule has 0 saturated heterocycles. The van der Waals surface area contributed by atoms with Crippen molar-refractivity contribution in [2.45, 2.75) is 20.4 Å². The largest absolute Gasteiger partial charge is 0.449 e. The summed E-state index contributed by atoms with van der Waals surface area (Å²) in [5.74, 6) is 1.21. The Hall–Kier alpha value is -3.61. The summed E-state index contributed by atoms with van der Waals surface area (Å²) in [6.07, 6.45) is 5.02. The first-order valence-electron chi connectivity index (χ1n) is 8.45. The second-order valence-electron chi connectivity index (χ2n) is 6.31. The van der Waals surface area contributed by atoms with E-state index in [2.05, 4.69) is 10.1 Å². The number of hydrogen-bond donors (Lipinski definition) is 1. The molecule has 2 aromatic heterocycles. The number of aromatic nitrogens is 2. The van der Waals surface area contributed by atoms with E-state index >= 15 is 0 Å². The fraction of sp³-hybridized carbons (Fsp3) is 0.150.